The average molecular weight is 306 g/mol. The van der Waals surface area contributed by atoms with Gasteiger partial charge in [-0.3, -0.25) is 4.79 Å². The van der Waals surface area contributed by atoms with Gasteiger partial charge in [-0.15, -0.1) is 0 Å². The summed E-state index contributed by atoms with van der Waals surface area (Å²) in [7, 11) is 2.06. The molecule has 1 aliphatic heterocycles. The number of carboxylic acid groups (broad SMARTS) is 1. The van der Waals surface area contributed by atoms with Crippen LogP contribution < -0.4 is 5.32 Å². The van der Waals surface area contributed by atoms with E-state index in [1.54, 1.807) is 0 Å². The third-order valence-corrected chi connectivity index (χ3v) is 4.07. The number of rotatable bonds is 5. The Morgan fingerprint density at radius 2 is 2.00 bits per heavy atom. The number of amides is 2. The molecule has 0 saturated carbocycles. The van der Waals surface area contributed by atoms with Crippen LogP contribution in [0.5, 0.6) is 0 Å². The number of carbonyl (C=O) groups excluding carboxylic acids is 1. The first-order valence-electron chi connectivity index (χ1n) is 7.55. The molecule has 7 heteroatoms. The zero-order chi connectivity index (χ0) is 16.1. The maximum absolute atomic E-state index is 12.8. The molecule has 2 rings (SSSR count). The van der Waals surface area contributed by atoms with E-state index in [-0.39, 0.29) is 24.3 Å². The van der Waals surface area contributed by atoms with Gasteiger partial charge in [-0.2, -0.15) is 0 Å². The van der Waals surface area contributed by atoms with Crippen molar-refractivity contribution < 1.29 is 19.1 Å². The van der Waals surface area contributed by atoms with E-state index in [4.69, 9.17) is 0 Å². The van der Waals surface area contributed by atoms with Gasteiger partial charge in [-0.05, 0) is 36.6 Å². The van der Waals surface area contributed by atoms with E-state index in [2.05, 4.69) is 13.2 Å². The molecule has 1 fully saturated rings. The van der Waals surface area contributed by atoms with Crippen molar-refractivity contribution in [2.45, 2.75) is 19.2 Å². The Labute approximate surface area is 129 Å². The zero-order valence-electron chi connectivity index (χ0n) is 12.6. The predicted molar refractivity (Wildman–Crippen MR) is 84.2 cm³/mol. The summed E-state index contributed by atoms with van der Waals surface area (Å²) in [4.78, 5) is 25.1. The smallest absolute Gasteiger partial charge is 0.321 e. The number of nitrogens with one attached hydrogen (secondary N) is 1. The van der Waals surface area contributed by atoms with E-state index in [0.29, 0.717) is 12.2 Å². The van der Waals surface area contributed by atoms with Crippen LogP contribution in [0.2, 0.25) is 6.32 Å². The molecule has 5 nitrogen and oxygen atoms in total. The average Bonchev–Trinajstić information content (AvgIpc) is 2.92. The minimum atomic E-state index is -0.849. The van der Waals surface area contributed by atoms with Crippen molar-refractivity contribution in [1.29, 1.82) is 0 Å². The lowest BCUT2D eigenvalue weighted by Gasteiger charge is -2.17. The lowest BCUT2D eigenvalue weighted by molar-refractivity contribution is -0.142. The maximum atomic E-state index is 12.8. The molecule has 2 atom stereocenters. The van der Waals surface area contributed by atoms with Crippen LogP contribution in [0.25, 0.3) is 0 Å². The summed E-state index contributed by atoms with van der Waals surface area (Å²) in [6.07, 6.45) is 2.78. The van der Waals surface area contributed by atoms with Crippen LogP contribution in [0.3, 0.4) is 0 Å². The summed E-state index contributed by atoms with van der Waals surface area (Å²) >= 11 is 0. The van der Waals surface area contributed by atoms with Gasteiger partial charge in [-0.25, -0.2) is 9.18 Å². The number of likely N-dealkylation sites (tertiary alicyclic amines) is 1. The molecular weight excluding hydrogens is 286 g/mol. The monoisotopic (exact) mass is 306 g/mol. The minimum absolute atomic E-state index is 0.00332. The van der Waals surface area contributed by atoms with Gasteiger partial charge in [0.2, 0.25) is 0 Å². The van der Waals surface area contributed by atoms with Gasteiger partial charge in [0.1, 0.15) is 13.7 Å². The molecule has 118 valence electrons. The fourth-order valence-corrected chi connectivity index (χ4v) is 2.81. The number of halogens is 1. The molecule has 2 N–H and O–H groups in total. The van der Waals surface area contributed by atoms with Gasteiger partial charge in [-0.1, -0.05) is 12.7 Å². The second-order valence-electron chi connectivity index (χ2n) is 5.69. The summed E-state index contributed by atoms with van der Waals surface area (Å²) in [5.74, 6) is -1.73. The van der Waals surface area contributed by atoms with Crippen molar-refractivity contribution in [1.82, 2.24) is 4.90 Å². The lowest BCUT2D eigenvalue weighted by Crippen LogP contribution is -2.33. The molecule has 0 unspecified atom stereocenters. The van der Waals surface area contributed by atoms with E-state index >= 15 is 0 Å². The summed E-state index contributed by atoms with van der Waals surface area (Å²) in [6.45, 7) is 0.667. The fourth-order valence-electron chi connectivity index (χ4n) is 2.81. The molecule has 0 radical (unpaired) electrons. The topological polar surface area (TPSA) is 69.6 Å². The van der Waals surface area contributed by atoms with E-state index in [1.807, 2.05) is 0 Å². The number of nitrogens with zero attached hydrogens (tertiary/aromatic N) is 1. The van der Waals surface area contributed by atoms with E-state index < -0.39 is 11.9 Å². The van der Waals surface area contributed by atoms with Crippen molar-refractivity contribution in [2.75, 3.05) is 18.4 Å². The largest absolute Gasteiger partial charge is 0.481 e. The van der Waals surface area contributed by atoms with Crippen LogP contribution in [0, 0.1) is 17.7 Å². The number of hydrogen-bond donors (Lipinski definition) is 2. The van der Waals surface area contributed by atoms with Crippen LogP contribution >= 0.6 is 0 Å². The number of hydrogen-bond acceptors (Lipinski definition) is 2. The first-order valence-corrected chi connectivity index (χ1v) is 7.55. The lowest BCUT2D eigenvalue weighted by atomic mass is 9.88. The highest BCUT2D eigenvalue weighted by Crippen LogP contribution is 2.28. The molecule has 2 amide bonds. The minimum Gasteiger partial charge on any atom is -0.481 e. The normalized spacial score (nSPS) is 20.9. The van der Waals surface area contributed by atoms with Crippen LogP contribution in [0.15, 0.2) is 24.3 Å². The Balaban J connectivity index is 1.98. The summed E-state index contributed by atoms with van der Waals surface area (Å²) in [5.41, 5.74) is 0.496. The Morgan fingerprint density at radius 1 is 1.32 bits per heavy atom. The second-order valence-corrected chi connectivity index (χ2v) is 5.69. The Morgan fingerprint density at radius 3 is 2.59 bits per heavy atom. The summed E-state index contributed by atoms with van der Waals surface area (Å²) in [6, 6.07) is 5.16. The van der Waals surface area contributed by atoms with Gasteiger partial charge in [0, 0.05) is 18.8 Å². The second kappa shape index (κ2) is 7.29. The first-order chi connectivity index (χ1) is 10.5. The van der Waals surface area contributed by atoms with Gasteiger partial charge in [0.15, 0.2) is 0 Å². The van der Waals surface area contributed by atoms with Crippen molar-refractivity contribution in [3.05, 3.63) is 30.1 Å². The van der Waals surface area contributed by atoms with Gasteiger partial charge < -0.3 is 15.3 Å². The number of urea groups is 1. The molecule has 1 heterocycles. The van der Waals surface area contributed by atoms with Crippen LogP contribution in [0.1, 0.15) is 12.8 Å². The highest BCUT2D eigenvalue weighted by molar-refractivity contribution is 6.08. The standard InChI is InChI=1S/C15H20BFN2O3/c16-7-1-2-10-8-19(9-13(10)14(20)21)15(22)18-12-5-3-11(17)4-6-12/h3-6,10,13H,1-2,7-9,16H2,(H,18,22)(H,20,21)/t10-,13+/m0/s1. The fraction of sp³-hybridized carbons (Fsp3) is 0.467. The third kappa shape index (κ3) is 3.99. The van der Waals surface area contributed by atoms with Gasteiger partial charge in [0.05, 0.1) is 5.92 Å². The molecule has 1 aromatic carbocycles. The highest BCUT2D eigenvalue weighted by Gasteiger charge is 2.39. The van der Waals surface area contributed by atoms with Crippen molar-refractivity contribution in [2.24, 2.45) is 11.8 Å². The molecule has 1 aliphatic rings. The number of aliphatic carboxylic acids is 1. The Hall–Kier alpha value is -2.05. The van der Waals surface area contributed by atoms with E-state index in [9.17, 15) is 19.1 Å². The number of benzene rings is 1. The van der Waals surface area contributed by atoms with Crippen LogP contribution in [-0.4, -0.2) is 42.9 Å². The molecule has 0 aliphatic carbocycles. The van der Waals surface area contributed by atoms with Crippen molar-refractivity contribution in [3.63, 3.8) is 0 Å². The maximum Gasteiger partial charge on any atom is 0.321 e. The number of anilines is 1. The number of carbonyl (C=O) groups is 2. The van der Waals surface area contributed by atoms with Crippen LogP contribution in [-0.2, 0) is 4.79 Å². The molecule has 1 saturated heterocycles. The third-order valence-electron chi connectivity index (χ3n) is 4.07. The van der Waals surface area contributed by atoms with E-state index in [1.165, 1.54) is 29.2 Å². The molecule has 22 heavy (non-hydrogen) atoms. The molecule has 1 aromatic rings. The molecular formula is C15H20BFN2O3. The summed E-state index contributed by atoms with van der Waals surface area (Å²) < 4.78 is 12.8. The number of carboxylic acids is 1. The first kappa shape index (κ1) is 16.3. The van der Waals surface area contributed by atoms with Crippen molar-refractivity contribution in [3.8, 4) is 0 Å². The SMILES string of the molecule is BCCC[C@H]1CN(C(=O)Nc2ccc(F)cc2)C[C@H]1C(=O)O. The predicted octanol–water partition coefficient (Wildman–Crippen LogP) is 1.82. The zero-order valence-corrected chi connectivity index (χ0v) is 12.6. The molecule has 0 aromatic heterocycles. The van der Waals surface area contributed by atoms with Crippen LogP contribution in [0.4, 0.5) is 14.9 Å². The van der Waals surface area contributed by atoms with Gasteiger partial charge >= 0.3 is 12.0 Å². The van der Waals surface area contributed by atoms with Crippen molar-refractivity contribution >= 4 is 25.5 Å². The Kier molecular flexibility index (Phi) is 5.41. The highest BCUT2D eigenvalue weighted by atomic mass is 19.1. The Bertz CT molecular complexity index is 538. The molecule has 0 spiro atoms. The molecule has 0 bridgehead atoms. The summed E-state index contributed by atoms with van der Waals surface area (Å²) in [5, 5.41) is 12.0. The van der Waals surface area contributed by atoms with Gasteiger partial charge in [0.25, 0.3) is 0 Å². The quantitative estimate of drug-likeness (QED) is 0.815. The van der Waals surface area contributed by atoms with E-state index in [0.717, 1.165) is 19.2 Å².